The number of unbranched alkanes of at least 4 members (excludes halogenated alkanes) is 4. The molecule has 0 aromatic heterocycles. The first-order valence-electron chi connectivity index (χ1n) is 10.6. The van der Waals surface area contributed by atoms with Crippen LogP contribution in [0.3, 0.4) is 0 Å². The Morgan fingerprint density at radius 1 is 0.630 bits per heavy atom. The maximum Gasteiger partial charge on any atom is 1.00 e. The van der Waals surface area contributed by atoms with Gasteiger partial charge in [-0.2, -0.15) is 6.42 Å². The van der Waals surface area contributed by atoms with Crippen molar-refractivity contribution in [1.82, 2.24) is 9.47 Å². The van der Waals surface area contributed by atoms with E-state index in [1.165, 1.54) is 84.1 Å². The van der Waals surface area contributed by atoms with Crippen molar-refractivity contribution in [3.05, 3.63) is 14.4 Å². The molecule has 5 heteroatoms. The van der Waals surface area contributed by atoms with Crippen LogP contribution in [0.1, 0.15) is 85.5 Å². The van der Waals surface area contributed by atoms with Gasteiger partial charge < -0.3 is 23.8 Å². The molecule has 0 aromatic rings. The smallest absolute Gasteiger partial charge is 0.358 e. The SMILES string of the molecule is CCCCN(CCCC)[Si](C)C.[CH2-]CCN(CCCC)CCCC.[CH3-].[Li+].[Li+]. The molecule has 0 bridgehead atoms. The summed E-state index contributed by atoms with van der Waals surface area (Å²) in [7, 11) is -0.185. The van der Waals surface area contributed by atoms with E-state index in [1.54, 1.807) is 0 Å². The van der Waals surface area contributed by atoms with Gasteiger partial charge in [0.2, 0.25) is 0 Å². The molecule has 0 saturated heterocycles. The summed E-state index contributed by atoms with van der Waals surface area (Å²) >= 11 is 0. The zero-order valence-electron chi connectivity index (χ0n) is 21.0. The second-order valence-electron chi connectivity index (χ2n) is 7.04. The maximum atomic E-state index is 3.90. The molecule has 0 aliphatic rings. The van der Waals surface area contributed by atoms with Gasteiger partial charge >= 0.3 is 37.7 Å². The van der Waals surface area contributed by atoms with Crippen LogP contribution >= 0.6 is 0 Å². The molecule has 0 unspecified atom stereocenters. The average molecular weight is 386 g/mol. The summed E-state index contributed by atoms with van der Waals surface area (Å²) in [5.74, 6) is 0. The van der Waals surface area contributed by atoms with E-state index in [0.29, 0.717) is 0 Å². The molecule has 0 aliphatic carbocycles. The average Bonchev–Trinajstić information content (AvgIpc) is 2.57. The number of rotatable bonds is 15. The molecular weight excluding hydrogens is 334 g/mol. The summed E-state index contributed by atoms with van der Waals surface area (Å²) in [6.45, 7) is 24.1. The molecular formula is C22H51Li2N2Si. The molecule has 155 valence electrons. The van der Waals surface area contributed by atoms with Crippen LogP contribution in [0.15, 0.2) is 0 Å². The Kier molecular flexibility index (Phi) is 46.1. The second kappa shape index (κ2) is 32.0. The summed E-state index contributed by atoms with van der Waals surface area (Å²) in [4.78, 5) is 2.54. The summed E-state index contributed by atoms with van der Waals surface area (Å²) in [6.07, 6.45) is 11.7. The molecule has 0 saturated carbocycles. The van der Waals surface area contributed by atoms with Crippen molar-refractivity contribution in [3.8, 4) is 0 Å². The third-order valence-electron chi connectivity index (χ3n) is 4.33. The van der Waals surface area contributed by atoms with Crippen molar-refractivity contribution >= 4 is 8.96 Å². The molecule has 0 aliphatic heterocycles. The molecule has 1 radical (unpaired) electrons. The van der Waals surface area contributed by atoms with Crippen LogP contribution in [0.4, 0.5) is 0 Å². The van der Waals surface area contributed by atoms with E-state index in [4.69, 9.17) is 0 Å². The predicted molar refractivity (Wildman–Crippen MR) is 122 cm³/mol. The zero-order valence-corrected chi connectivity index (χ0v) is 22.0. The molecule has 0 atom stereocenters. The van der Waals surface area contributed by atoms with Gasteiger partial charge in [-0.25, -0.2) is 0 Å². The predicted octanol–water partition coefficient (Wildman–Crippen LogP) is 0.711. The Bertz CT molecular complexity index is 216. The minimum atomic E-state index is -0.185. The Labute approximate surface area is 201 Å². The fourth-order valence-corrected chi connectivity index (χ4v) is 3.79. The fraction of sp³-hybridized carbons (Fsp3) is 0.909. The minimum Gasteiger partial charge on any atom is -0.358 e. The molecule has 0 N–H and O–H groups in total. The Morgan fingerprint density at radius 2 is 0.963 bits per heavy atom. The summed E-state index contributed by atoms with van der Waals surface area (Å²) in [6, 6.07) is 0. The third-order valence-corrected chi connectivity index (χ3v) is 6.04. The van der Waals surface area contributed by atoms with Gasteiger partial charge in [-0.15, -0.1) is 0 Å². The first kappa shape index (κ1) is 38.9. The van der Waals surface area contributed by atoms with Gasteiger partial charge in [0.25, 0.3) is 0 Å². The Balaban J connectivity index is -0.000000108. The van der Waals surface area contributed by atoms with Crippen LogP contribution in [0.5, 0.6) is 0 Å². The summed E-state index contributed by atoms with van der Waals surface area (Å²) in [5.41, 5.74) is 0. The molecule has 0 aromatic carbocycles. The largest absolute Gasteiger partial charge is 1.00 e. The number of nitrogens with zero attached hydrogens (tertiary/aromatic N) is 2. The zero-order chi connectivity index (χ0) is 18.6. The minimum absolute atomic E-state index is 0. The van der Waals surface area contributed by atoms with Gasteiger partial charge in [-0.1, -0.05) is 66.5 Å². The van der Waals surface area contributed by atoms with Gasteiger partial charge in [-0.3, -0.25) is 0 Å². The standard InChI is InChI=1S/C11H24N.C10H24NSi.CH3.2Li/c1-4-7-10-12(9-6-3)11-8-5-2;1-5-7-9-11(12(3)4)10-8-6-2;;;/h3-11H2,1-2H3;5-10H2,1-4H3;1H3;;/q-1;;-1;2*+1. The van der Waals surface area contributed by atoms with Crippen LogP contribution in [0.2, 0.25) is 13.1 Å². The number of hydrogen-bond donors (Lipinski definition) is 0. The van der Waals surface area contributed by atoms with Crippen molar-refractivity contribution in [2.75, 3.05) is 32.7 Å². The van der Waals surface area contributed by atoms with E-state index in [2.05, 4.69) is 57.2 Å². The first-order chi connectivity index (χ1) is 11.6. The van der Waals surface area contributed by atoms with Crippen LogP contribution < -0.4 is 37.7 Å². The van der Waals surface area contributed by atoms with Gasteiger partial charge in [0.1, 0.15) is 8.96 Å². The molecule has 0 spiro atoms. The van der Waals surface area contributed by atoms with E-state index in [0.717, 1.165) is 6.42 Å². The topological polar surface area (TPSA) is 6.48 Å². The Hall–Kier alpha value is 1.33. The van der Waals surface area contributed by atoms with E-state index < -0.39 is 0 Å². The summed E-state index contributed by atoms with van der Waals surface area (Å²) < 4.78 is 2.69. The van der Waals surface area contributed by atoms with Crippen LogP contribution in [0, 0.1) is 14.4 Å². The van der Waals surface area contributed by atoms with E-state index in [1.807, 2.05) is 0 Å². The maximum absolute atomic E-state index is 3.90. The van der Waals surface area contributed by atoms with Crippen molar-refractivity contribution in [3.63, 3.8) is 0 Å². The van der Waals surface area contributed by atoms with Crippen LogP contribution in [0.25, 0.3) is 0 Å². The van der Waals surface area contributed by atoms with E-state index >= 15 is 0 Å². The fourth-order valence-electron chi connectivity index (χ4n) is 2.58. The van der Waals surface area contributed by atoms with E-state index in [-0.39, 0.29) is 54.1 Å². The molecule has 0 fully saturated rings. The van der Waals surface area contributed by atoms with Crippen molar-refractivity contribution in [2.45, 2.75) is 98.6 Å². The van der Waals surface area contributed by atoms with Crippen LogP contribution in [-0.2, 0) is 0 Å². The molecule has 0 amide bonds. The van der Waals surface area contributed by atoms with E-state index in [9.17, 15) is 0 Å². The van der Waals surface area contributed by atoms with Crippen molar-refractivity contribution in [2.24, 2.45) is 0 Å². The first-order valence-corrected chi connectivity index (χ1v) is 13.1. The van der Waals surface area contributed by atoms with Gasteiger partial charge in [0.05, 0.1) is 0 Å². The summed E-state index contributed by atoms with van der Waals surface area (Å²) in [5, 5.41) is 0. The monoisotopic (exact) mass is 385 g/mol. The quantitative estimate of drug-likeness (QED) is 0.303. The molecule has 0 heterocycles. The van der Waals surface area contributed by atoms with Crippen molar-refractivity contribution < 1.29 is 37.7 Å². The van der Waals surface area contributed by atoms with Gasteiger partial charge in [-0.05, 0) is 58.4 Å². The third kappa shape index (κ3) is 29.6. The second-order valence-corrected chi connectivity index (χ2v) is 9.57. The molecule has 0 rings (SSSR count). The Morgan fingerprint density at radius 3 is 1.22 bits per heavy atom. The van der Waals surface area contributed by atoms with Crippen molar-refractivity contribution in [1.29, 1.82) is 0 Å². The van der Waals surface area contributed by atoms with Gasteiger partial charge in [0, 0.05) is 0 Å². The number of hydrogen-bond acceptors (Lipinski definition) is 2. The van der Waals surface area contributed by atoms with Gasteiger partial charge in [0.15, 0.2) is 0 Å². The molecule has 27 heavy (non-hydrogen) atoms. The van der Waals surface area contributed by atoms with Crippen LogP contribution in [-0.4, -0.2) is 51.1 Å². The molecule has 2 nitrogen and oxygen atoms in total. The normalized spacial score (nSPS) is 10.0.